The van der Waals surface area contributed by atoms with E-state index in [-0.39, 0.29) is 5.91 Å². The van der Waals surface area contributed by atoms with E-state index in [2.05, 4.69) is 5.43 Å². The molecule has 0 spiro atoms. The van der Waals surface area contributed by atoms with Crippen molar-refractivity contribution in [3.05, 3.63) is 54.6 Å². The average Bonchev–Trinajstić information content (AvgIpc) is 2.85. The van der Waals surface area contributed by atoms with E-state index in [1.807, 2.05) is 59.3 Å². The van der Waals surface area contributed by atoms with Crippen molar-refractivity contribution in [3.63, 3.8) is 0 Å². The minimum absolute atomic E-state index is 0.111. The molecule has 3 rings (SSSR count). The molecule has 0 aliphatic heterocycles. The highest BCUT2D eigenvalue weighted by Gasteiger charge is 2.12. The average molecular weight is 280 g/mol. The van der Waals surface area contributed by atoms with Gasteiger partial charge in [0.15, 0.2) is 0 Å². The number of ether oxygens (including phenoxy) is 1. The van der Waals surface area contributed by atoms with Gasteiger partial charge in [-0.05, 0) is 24.3 Å². The van der Waals surface area contributed by atoms with Gasteiger partial charge in [0.1, 0.15) is 5.75 Å². The Morgan fingerprint density at radius 3 is 2.52 bits per heavy atom. The minimum Gasteiger partial charge on any atom is -0.497 e. The molecule has 0 bridgehead atoms. The summed E-state index contributed by atoms with van der Waals surface area (Å²) in [5, 5.41) is 1.02. The largest absolute Gasteiger partial charge is 0.497 e. The molecule has 2 aromatic carbocycles. The van der Waals surface area contributed by atoms with E-state index >= 15 is 0 Å². The van der Waals surface area contributed by atoms with E-state index in [0.717, 1.165) is 27.9 Å². The quantitative estimate of drug-likeness (QED) is 0.799. The van der Waals surface area contributed by atoms with Crippen molar-refractivity contribution in [1.82, 2.24) is 4.68 Å². The molecule has 0 saturated carbocycles. The fraction of sp³-hybridized carbons (Fsp3) is 0.118. The highest BCUT2D eigenvalue weighted by Crippen LogP contribution is 2.29. The zero-order valence-corrected chi connectivity index (χ0v) is 12.0. The van der Waals surface area contributed by atoms with E-state index in [0.29, 0.717) is 0 Å². The van der Waals surface area contributed by atoms with Crippen LogP contribution in [-0.2, 0) is 4.79 Å². The van der Waals surface area contributed by atoms with Crippen molar-refractivity contribution in [2.45, 2.75) is 6.92 Å². The molecule has 0 saturated heterocycles. The van der Waals surface area contributed by atoms with Crippen LogP contribution in [0.5, 0.6) is 5.75 Å². The lowest BCUT2D eigenvalue weighted by Gasteiger charge is -2.11. The predicted molar refractivity (Wildman–Crippen MR) is 84.0 cm³/mol. The van der Waals surface area contributed by atoms with Crippen LogP contribution in [0.15, 0.2) is 54.6 Å². The van der Waals surface area contributed by atoms with E-state index in [9.17, 15) is 4.79 Å². The summed E-state index contributed by atoms with van der Waals surface area (Å²) in [4.78, 5) is 11.5. The molecule has 1 aromatic heterocycles. The van der Waals surface area contributed by atoms with Crippen LogP contribution in [0.4, 0.5) is 0 Å². The Morgan fingerprint density at radius 2 is 1.86 bits per heavy atom. The summed E-state index contributed by atoms with van der Waals surface area (Å²) in [5.74, 6) is 0.683. The summed E-state index contributed by atoms with van der Waals surface area (Å²) in [6.45, 7) is 1.50. The van der Waals surface area contributed by atoms with Crippen LogP contribution in [0.3, 0.4) is 0 Å². The summed E-state index contributed by atoms with van der Waals surface area (Å²) in [6.07, 6.45) is 0. The van der Waals surface area contributed by atoms with Crippen LogP contribution < -0.4 is 10.2 Å². The smallest absolute Gasteiger partial charge is 0.235 e. The van der Waals surface area contributed by atoms with Gasteiger partial charge in [0.25, 0.3) is 0 Å². The Hall–Kier alpha value is -2.75. The second kappa shape index (κ2) is 5.32. The third-order valence-electron chi connectivity index (χ3n) is 3.35. The fourth-order valence-electron chi connectivity index (χ4n) is 2.42. The van der Waals surface area contributed by atoms with Crippen LogP contribution in [0, 0.1) is 0 Å². The fourth-order valence-corrected chi connectivity index (χ4v) is 2.42. The summed E-state index contributed by atoms with van der Waals surface area (Å²) in [7, 11) is 1.64. The number of benzene rings is 2. The van der Waals surface area contributed by atoms with Gasteiger partial charge in [0.2, 0.25) is 5.91 Å². The molecule has 1 amide bonds. The lowest BCUT2D eigenvalue weighted by atomic mass is 10.1. The summed E-state index contributed by atoms with van der Waals surface area (Å²) < 4.78 is 7.07. The summed E-state index contributed by atoms with van der Waals surface area (Å²) >= 11 is 0. The molecule has 1 N–H and O–H groups in total. The summed E-state index contributed by atoms with van der Waals surface area (Å²) in [5.41, 5.74) is 5.79. The second-order valence-electron chi connectivity index (χ2n) is 4.82. The maximum absolute atomic E-state index is 11.5. The molecule has 1 heterocycles. The molecular formula is C17H16N2O2. The number of hydrogen-bond donors (Lipinski definition) is 1. The normalized spacial score (nSPS) is 10.6. The summed E-state index contributed by atoms with van der Waals surface area (Å²) in [6, 6.07) is 17.8. The Kier molecular flexibility index (Phi) is 3.36. The van der Waals surface area contributed by atoms with Gasteiger partial charge in [-0.1, -0.05) is 30.3 Å². The molecule has 0 aliphatic carbocycles. The SMILES string of the molecule is COc1ccc2c(c1)cc(-c1ccccc1)n2NC(C)=O. The van der Waals surface area contributed by atoms with Gasteiger partial charge < -0.3 is 4.74 Å². The molecule has 4 nitrogen and oxygen atoms in total. The number of fused-ring (bicyclic) bond motifs is 1. The van der Waals surface area contributed by atoms with E-state index in [1.54, 1.807) is 7.11 Å². The van der Waals surface area contributed by atoms with E-state index in [1.165, 1.54) is 6.92 Å². The number of rotatable bonds is 3. The third-order valence-corrected chi connectivity index (χ3v) is 3.35. The van der Waals surface area contributed by atoms with Crippen molar-refractivity contribution in [2.24, 2.45) is 0 Å². The molecule has 0 fully saturated rings. The first-order valence-corrected chi connectivity index (χ1v) is 6.71. The standard InChI is InChI=1S/C17H16N2O2/c1-12(20)18-19-16-9-8-15(21-2)10-14(16)11-17(19)13-6-4-3-5-7-13/h3-11H,1-2H3,(H,18,20). The highest BCUT2D eigenvalue weighted by atomic mass is 16.5. The molecule has 106 valence electrons. The maximum atomic E-state index is 11.5. The number of nitrogens with zero attached hydrogens (tertiary/aromatic N) is 1. The molecule has 0 atom stereocenters. The van der Waals surface area contributed by atoms with Crippen molar-refractivity contribution in [3.8, 4) is 17.0 Å². The first-order chi connectivity index (χ1) is 10.2. The van der Waals surface area contributed by atoms with Gasteiger partial charge in [-0.15, -0.1) is 0 Å². The monoisotopic (exact) mass is 280 g/mol. The van der Waals surface area contributed by atoms with E-state index in [4.69, 9.17) is 4.74 Å². The van der Waals surface area contributed by atoms with Crippen LogP contribution in [0.25, 0.3) is 22.2 Å². The first-order valence-electron chi connectivity index (χ1n) is 6.71. The van der Waals surface area contributed by atoms with Gasteiger partial charge in [0.05, 0.1) is 18.3 Å². The molecule has 4 heteroatoms. The predicted octanol–water partition coefficient (Wildman–Crippen LogP) is 3.41. The van der Waals surface area contributed by atoms with Crippen molar-refractivity contribution in [1.29, 1.82) is 0 Å². The topological polar surface area (TPSA) is 43.3 Å². The number of nitrogens with one attached hydrogen (secondary N) is 1. The third kappa shape index (κ3) is 2.48. The molecular weight excluding hydrogens is 264 g/mol. The number of amides is 1. The second-order valence-corrected chi connectivity index (χ2v) is 4.82. The lowest BCUT2D eigenvalue weighted by Crippen LogP contribution is -2.20. The van der Waals surface area contributed by atoms with Crippen molar-refractivity contribution < 1.29 is 9.53 Å². The minimum atomic E-state index is -0.111. The van der Waals surface area contributed by atoms with Gasteiger partial charge >= 0.3 is 0 Å². The first kappa shape index (κ1) is 13.2. The van der Waals surface area contributed by atoms with Gasteiger partial charge in [-0.3, -0.25) is 14.9 Å². The lowest BCUT2D eigenvalue weighted by molar-refractivity contribution is -0.115. The van der Waals surface area contributed by atoms with Crippen molar-refractivity contribution >= 4 is 16.8 Å². The molecule has 3 aromatic rings. The maximum Gasteiger partial charge on any atom is 0.235 e. The number of aromatic nitrogens is 1. The Balaban J connectivity index is 2.24. The van der Waals surface area contributed by atoms with Crippen LogP contribution in [-0.4, -0.2) is 17.7 Å². The van der Waals surface area contributed by atoms with Gasteiger partial charge in [-0.25, -0.2) is 0 Å². The Bertz CT molecular complexity index is 791. The molecule has 21 heavy (non-hydrogen) atoms. The number of hydrogen-bond acceptors (Lipinski definition) is 2. The Labute approximate surface area is 122 Å². The van der Waals surface area contributed by atoms with Crippen LogP contribution in [0.1, 0.15) is 6.92 Å². The zero-order chi connectivity index (χ0) is 14.8. The highest BCUT2D eigenvalue weighted by molar-refractivity contribution is 5.92. The Morgan fingerprint density at radius 1 is 1.10 bits per heavy atom. The zero-order valence-electron chi connectivity index (χ0n) is 12.0. The molecule has 0 radical (unpaired) electrons. The molecule has 0 aliphatic rings. The van der Waals surface area contributed by atoms with Gasteiger partial charge in [-0.2, -0.15) is 0 Å². The van der Waals surface area contributed by atoms with E-state index < -0.39 is 0 Å². The van der Waals surface area contributed by atoms with Crippen LogP contribution >= 0.6 is 0 Å². The van der Waals surface area contributed by atoms with Crippen molar-refractivity contribution in [2.75, 3.05) is 12.5 Å². The molecule has 0 unspecified atom stereocenters. The van der Waals surface area contributed by atoms with Gasteiger partial charge in [0, 0.05) is 17.9 Å². The number of carbonyl (C=O) groups excluding carboxylic acids is 1. The number of carbonyl (C=O) groups is 1. The van der Waals surface area contributed by atoms with Crippen LogP contribution in [0.2, 0.25) is 0 Å². The number of methoxy groups -OCH3 is 1.